The lowest BCUT2D eigenvalue weighted by atomic mass is 10.2. The first-order chi connectivity index (χ1) is 8.72. The minimum atomic E-state index is 0.732. The second kappa shape index (κ2) is 5.97. The third kappa shape index (κ3) is 2.88. The van der Waals surface area contributed by atoms with E-state index in [0.717, 1.165) is 29.0 Å². The van der Waals surface area contributed by atoms with E-state index < -0.39 is 0 Å². The number of aryl methyl sites for hydroxylation is 1. The summed E-state index contributed by atoms with van der Waals surface area (Å²) in [6.07, 6.45) is 1.82. The summed E-state index contributed by atoms with van der Waals surface area (Å²) in [7, 11) is 3.89. The van der Waals surface area contributed by atoms with Crippen LogP contribution in [-0.4, -0.2) is 26.8 Å². The Balaban J connectivity index is 2.05. The van der Waals surface area contributed by atoms with Gasteiger partial charge in [-0.3, -0.25) is 4.98 Å². The van der Waals surface area contributed by atoms with Crippen LogP contribution >= 0.6 is 11.8 Å². The zero-order chi connectivity index (χ0) is 13.0. The Morgan fingerprint density at radius 3 is 2.94 bits per heavy atom. The van der Waals surface area contributed by atoms with E-state index >= 15 is 0 Å². The summed E-state index contributed by atoms with van der Waals surface area (Å²) in [4.78, 5) is 4.28. The Kier molecular flexibility index (Phi) is 4.33. The highest BCUT2D eigenvalue weighted by Crippen LogP contribution is 2.21. The van der Waals surface area contributed by atoms with Gasteiger partial charge in [0.2, 0.25) is 0 Å². The maximum atomic E-state index is 4.28. The van der Waals surface area contributed by atoms with Crippen molar-refractivity contribution >= 4 is 11.8 Å². The molecule has 0 aliphatic heterocycles. The molecule has 0 unspecified atom stereocenters. The van der Waals surface area contributed by atoms with Crippen molar-refractivity contribution in [3.05, 3.63) is 35.4 Å². The highest BCUT2D eigenvalue weighted by atomic mass is 32.2. The molecule has 0 saturated carbocycles. The predicted molar refractivity (Wildman–Crippen MR) is 72.3 cm³/mol. The standard InChI is InChI=1S/C12H17N5S/c1-9-10(5-4-6-14-9)8-18-12-16-15-11(7-13-2)17(12)3/h4-6,13H,7-8H2,1-3H3. The molecule has 18 heavy (non-hydrogen) atoms. The number of thioether (sulfide) groups is 1. The summed E-state index contributed by atoms with van der Waals surface area (Å²) in [5.41, 5.74) is 2.31. The predicted octanol–water partition coefficient (Wildman–Crippen LogP) is 1.53. The molecule has 0 atom stereocenters. The minimum Gasteiger partial charge on any atom is -0.313 e. The first-order valence-electron chi connectivity index (χ1n) is 5.78. The first-order valence-corrected chi connectivity index (χ1v) is 6.77. The van der Waals surface area contributed by atoms with Gasteiger partial charge in [0.1, 0.15) is 5.82 Å². The van der Waals surface area contributed by atoms with Crippen LogP contribution in [0.1, 0.15) is 17.1 Å². The van der Waals surface area contributed by atoms with E-state index in [2.05, 4.69) is 26.6 Å². The molecule has 0 fully saturated rings. The highest BCUT2D eigenvalue weighted by molar-refractivity contribution is 7.98. The molecule has 0 saturated heterocycles. The maximum absolute atomic E-state index is 4.28. The van der Waals surface area contributed by atoms with E-state index in [4.69, 9.17) is 0 Å². The van der Waals surface area contributed by atoms with E-state index in [-0.39, 0.29) is 0 Å². The highest BCUT2D eigenvalue weighted by Gasteiger charge is 2.09. The summed E-state index contributed by atoms with van der Waals surface area (Å²) >= 11 is 1.68. The van der Waals surface area contributed by atoms with Crippen molar-refractivity contribution < 1.29 is 0 Å². The van der Waals surface area contributed by atoms with Gasteiger partial charge < -0.3 is 9.88 Å². The smallest absolute Gasteiger partial charge is 0.191 e. The molecule has 0 aliphatic rings. The molecule has 0 spiro atoms. The lowest BCUT2D eigenvalue weighted by Gasteiger charge is -2.05. The molecule has 1 N–H and O–H groups in total. The lowest BCUT2D eigenvalue weighted by molar-refractivity contribution is 0.682. The third-order valence-corrected chi connectivity index (χ3v) is 3.80. The normalized spacial score (nSPS) is 10.8. The van der Waals surface area contributed by atoms with Gasteiger partial charge >= 0.3 is 0 Å². The molecular formula is C12H17N5S. The van der Waals surface area contributed by atoms with Crippen molar-refractivity contribution in [2.24, 2.45) is 7.05 Å². The number of rotatable bonds is 5. The molecule has 0 amide bonds. The summed E-state index contributed by atoms with van der Waals surface area (Å²) in [5.74, 6) is 1.81. The summed E-state index contributed by atoms with van der Waals surface area (Å²) in [5, 5.41) is 12.4. The quantitative estimate of drug-likeness (QED) is 0.829. The van der Waals surface area contributed by atoms with E-state index in [1.165, 1.54) is 5.56 Å². The fourth-order valence-electron chi connectivity index (χ4n) is 1.60. The van der Waals surface area contributed by atoms with Crippen molar-refractivity contribution in [1.29, 1.82) is 0 Å². The number of hydrogen-bond acceptors (Lipinski definition) is 5. The molecule has 2 heterocycles. The van der Waals surface area contributed by atoms with Gasteiger partial charge in [-0.1, -0.05) is 17.8 Å². The second-order valence-electron chi connectivity index (χ2n) is 4.02. The molecule has 0 radical (unpaired) electrons. The largest absolute Gasteiger partial charge is 0.313 e. The molecule has 0 aromatic carbocycles. The van der Waals surface area contributed by atoms with E-state index in [9.17, 15) is 0 Å². The molecular weight excluding hydrogens is 246 g/mol. The lowest BCUT2D eigenvalue weighted by Crippen LogP contribution is -2.10. The number of nitrogens with one attached hydrogen (secondary N) is 1. The fraction of sp³-hybridized carbons (Fsp3) is 0.417. The molecule has 96 valence electrons. The van der Waals surface area contributed by atoms with Crippen LogP contribution in [0.2, 0.25) is 0 Å². The number of hydrogen-bond donors (Lipinski definition) is 1. The van der Waals surface area contributed by atoms with Crippen molar-refractivity contribution in [3.8, 4) is 0 Å². The number of aromatic nitrogens is 4. The van der Waals surface area contributed by atoms with Crippen LogP contribution in [0.5, 0.6) is 0 Å². The summed E-state index contributed by atoms with van der Waals surface area (Å²) in [6.45, 7) is 2.76. The zero-order valence-electron chi connectivity index (χ0n) is 10.8. The summed E-state index contributed by atoms with van der Waals surface area (Å²) in [6, 6.07) is 4.06. The van der Waals surface area contributed by atoms with Gasteiger partial charge in [0.25, 0.3) is 0 Å². The van der Waals surface area contributed by atoms with Gasteiger partial charge in [-0.25, -0.2) is 0 Å². The van der Waals surface area contributed by atoms with Gasteiger partial charge in [-0.05, 0) is 25.6 Å². The fourth-order valence-corrected chi connectivity index (χ4v) is 2.58. The Morgan fingerprint density at radius 2 is 2.22 bits per heavy atom. The van der Waals surface area contributed by atoms with Crippen molar-refractivity contribution in [3.63, 3.8) is 0 Å². The van der Waals surface area contributed by atoms with E-state index in [1.54, 1.807) is 11.8 Å². The number of pyridine rings is 1. The van der Waals surface area contributed by atoms with Crippen molar-refractivity contribution in [2.75, 3.05) is 7.05 Å². The van der Waals surface area contributed by atoms with Crippen molar-refractivity contribution in [1.82, 2.24) is 25.1 Å². The zero-order valence-corrected chi connectivity index (χ0v) is 11.7. The molecule has 0 aliphatic carbocycles. The molecule has 2 rings (SSSR count). The Morgan fingerprint density at radius 1 is 1.39 bits per heavy atom. The van der Waals surface area contributed by atoms with Crippen LogP contribution in [0.15, 0.2) is 23.5 Å². The van der Waals surface area contributed by atoms with Gasteiger partial charge in [-0.2, -0.15) is 0 Å². The first kappa shape index (κ1) is 13.0. The number of nitrogens with zero attached hydrogens (tertiary/aromatic N) is 4. The van der Waals surface area contributed by atoms with Crippen LogP contribution in [0, 0.1) is 6.92 Å². The maximum Gasteiger partial charge on any atom is 0.191 e. The van der Waals surface area contributed by atoms with Gasteiger partial charge in [0.15, 0.2) is 5.16 Å². The van der Waals surface area contributed by atoms with Crippen molar-refractivity contribution in [2.45, 2.75) is 24.4 Å². The van der Waals surface area contributed by atoms with E-state index in [0.29, 0.717) is 0 Å². The molecule has 0 bridgehead atoms. The molecule has 2 aromatic rings. The van der Waals surface area contributed by atoms with Crippen LogP contribution in [0.25, 0.3) is 0 Å². The van der Waals surface area contributed by atoms with Gasteiger partial charge in [-0.15, -0.1) is 10.2 Å². The van der Waals surface area contributed by atoms with Crippen LogP contribution in [0.4, 0.5) is 0 Å². The minimum absolute atomic E-state index is 0.732. The average Bonchev–Trinajstić information content (AvgIpc) is 2.71. The van der Waals surface area contributed by atoms with Gasteiger partial charge in [0.05, 0.1) is 6.54 Å². The molecule has 6 heteroatoms. The Bertz CT molecular complexity index is 523. The van der Waals surface area contributed by atoms with Crippen LogP contribution in [-0.2, 0) is 19.3 Å². The van der Waals surface area contributed by atoms with Crippen LogP contribution in [0.3, 0.4) is 0 Å². The van der Waals surface area contributed by atoms with Crippen LogP contribution < -0.4 is 5.32 Å². The monoisotopic (exact) mass is 263 g/mol. The summed E-state index contributed by atoms with van der Waals surface area (Å²) < 4.78 is 2.02. The van der Waals surface area contributed by atoms with Gasteiger partial charge in [0, 0.05) is 24.7 Å². The van der Waals surface area contributed by atoms with E-state index in [1.807, 2.05) is 37.8 Å². The Labute approximate surface area is 111 Å². The average molecular weight is 263 g/mol. The Hall–Kier alpha value is -1.40. The SMILES string of the molecule is CNCc1nnc(SCc2cccnc2C)n1C. The third-order valence-electron chi connectivity index (χ3n) is 2.73. The topological polar surface area (TPSA) is 55.6 Å². The second-order valence-corrected chi connectivity index (χ2v) is 4.97. The molecule has 5 nitrogen and oxygen atoms in total. The molecule has 2 aromatic heterocycles.